The van der Waals surface area contributed by atoms with Crippen molar-refractivity contribution in [1.82, 2.24) is 10.4 Å². The Morgan fingerprint density at radius 1 is 1.46 bits per heavy atom. The van der Waals surface area contributed by atoms with Gasteiger partial charge in [0.25, 0.3) is 0 Å². The minimum absolute atomic E-state index is 0.452. The Hall–Kier alpha value is -0.770. The van der Waals surface area contributed by atoms with Gasteiger partial charge in [-0.25, -0.2) is 5.43 Å². The number of nitrogens with one attached hydrogen (secondary N) is 1. The summed E-state index contributed by atoms with van der Waals surface area (Å²) in [6.07, 6.45) is 0.821. The van der Waals surface area contributed by atoms with Crippen molar-refractivity contribution in [2.24, 2.45) is 0 Å². The molecule has 0 heterocycles. The fourth-order valence-electron chi connectivity index (χ4n) is 0.943. The van der Waals surface area contributed by atoms with Gasteiger partial charge in [0.1, 0.15) is 0 Å². The second-order valence-electron chi connectivity index (χ2n) is 4.03. The average molecular weight is 187 g/mol. The van der Waals surface area contributed by atoms with Gasteiger partial charge in [-0.15, -0.1) is 0 Å². The highest BCUT2D eigenvalue weighted by atomic mass is 16.4. The predicted octanol–water partition coefficient (Wildman–Crippen LogP) is 0.735. The van der Waals surface area contributed by atoms with Crippen molar-refractivity contribution in [1.29, 1.82) is 0 Å². The molecule has 0 aromatic heterocycles. The fraction of sp³-hybridized carbons (Fsp3) is 0.889. The van der Waals surface area contributed by atoms with Gasteiger partial charge in [-0.2, -0.15) is 0 Å². The van der Waals surface area contributed by atoms with E-state index in [0.29, 0.717) is 6.54 Å². The summed E-state index contributed by atoms with van der Waals surface area (Å²) in [4.78, 5) is 10.7. The van der Waals surface area contributed by atoms with Gasteiger partial charge in [-0.1, -0.05) is 13.3 Å². The van der Waals surface area contributed by atoms with E-state index in [1.807, 2.05) is 20.8 Å². The largest absolute Gasteiger partial charge is 0.529 e. The number of nitrogens with zero attached hydrogens (tertiary/aromatic N) is 1. The molecular formula is C9H19N2O2-. The van der Waals surface area contributed by atoms with Crippen LogP contribution in [0.1, 0.15) is 40.5 Å². The van der Waals surface area contributed by atoms with Gasteiger partial charge in [0.15, 0.2) is 6.09 Å². The van der Waals surface area contributed by atoms with Crippen LogP contribution in [0.4, 0.5) is 4.79 Å². The lowest BCUT2D eigenvalue weighted by Gasteiger charge is -2.37. The van der Waals surface area contributed by atoms with E-state index >= 15 is 0 Å². The summed E-state index contributed by atoms with van der Waals surface area (Å²) >= 11 is 0. The normalized spacial score (nSPS) is 11.4. The lowest BCUT2D eigenvalue weighted by atomic mass is 10.1. The number of hydrogen-bond donors (Lipinski definition) is 1. The van der Waals surface area contributed by atoms with Gasteiger partial charge in [0.05, 0.1) is 0 Å². The first kappa shape index (κ1) is 12.2. The third kappa shape index (κ3) is 4.72. The van der Waals surface area contributed by atoms with Crippen LogP contribution >= 0.6 is 0 Å². The molecule has 4 heteroatoms. The lowest BCUT2D eigenvalue weighted by Crippen LogP contribution is -2.58. The quantitative estimate of drug-likeness (QED) is 0.521. The summed E-state index contributed by atoms with van der Waals surface area (Å²) in [5.41, 5.74) is 2.38. The molecule has 0 rings (SSSR count). The standard InChI is InChI=1S/C9H20N2O2/c1-5-6-7-10-11(8(12)13)9(2,3)4/h10H,5-7H2,1-4H3,(H,12,13)/p-1. The van der Waals surface area contributed by atoms with Gasteiger partial charge in [-0.05, 0) is 27.2 Å². The number of unbranched alkanes of at least 4 members (excludes halogenated alkanes) is 1. The number of rotatable bonds is 4. The van der Waals surface area contributed by atoms with Gasteiger partial charge in [0.2, 0.25) is 0 Å². The number of carbonyl (C=O) groups is 1. The zero-order chi connectivity index (χ0) is 10.5. The van der Waals surface area contributed by atoms with Crippen LogP contribution in [0, 0.1) is 0 Å². The highest BCUT2D eigenvalue weighted by Gasteiger charge is 2.20. The Morgan fingerprint density at radius 3 is 2.31 bits per heavy atom. The molecule has 0 saturated heterocycles. The number of hydrazine groups is 1. The molecule has 0 fully saturated rings. The molecule has 0 radical (unpaired) electrons. The molecule has 0 aromatic carbocycles. The number of carbonyl (C=O) groups excluding carboxylic acids is 1. The van der Waals surface area contributed by atoms with Crippen molar-refractivity contribution in [3.8, 4) is 0 Å². The highest BCUT2D eigenvalue weighted by Crippen LogP contribution is 2.09. The molecule has 0 aromatic rings. The molecule has 0 aliphatic rings. The minimum atomic E-state index is -1.18. The number of carboxylic acid groups (broad SMARTS) is 1. The van der Waals surface area contributed by atoms with Crippen LogP contribution in [-0.2, 0) is 0 Å². The van der Waals surface area contributed by atoms with Crippen molar-refractivity contribution in [3.63, 3.8) is 0 Å². The monoisotopic (exact) mass is 187 g/mol. The van der Waals surface area contributed by atoms with Crippen molar-refractivity contribution < 1.29 is 9.90 Å². The minimum Gasteiger partial charge on any atom is -0.529 e. The van der Waals surface area contributed by atoms with E-state index in [0.717, 1.165) is 17.9 Å². The summed E-state index contributed by atoms with van der Waals surface area (Å²) in [5, 5.41) is 11.8. The summed E-state index contributed by atoms with van der Waals surface area (Å²) in [7, 11) is 0. The predicted molar refractivity (Wildman–Crippen MR) is 49.9 cm³/mol. The van der Waals surface area contributed by atoms with Crippen molar-refractivity contribution in [3.05, 3.63) is 0 Å². The maximum atomic E-state index is 10.7. The molecule has 1 amide bonds. The highest BCUT2D eigenvalue weighted by molar-refractivity contribution is 5.62. The fourth-order valence-corrected chi connectivity index (χ4v) is 0.943. The molecular weight excluding hydrogens is 168 g/mol. The topological polar surface area (TPSA) is 55.4 Å². The molecule has 78 valence electrons. The average Bonchev–Trinajstić information content (AvgIpc) is 1.94. The molecule has 1 N–H and O–H groups in total. The van der Waals surface area contributed by atoms with E-state index in [1.54, 1.807) is 0 Å². The second-order valence-corrected chi connectivity index (χ2v) is 4.03. The van der Waals surface area contributed by atoms with Crippen LogP contribution in [0.15, 0.2) is 0 Å². The zero-order valence-corrected chi connectivity index (χ0v) is 8.89. The van der Waals surface area contributed by atoms with Crippen molar-refractivity contribution in [2.75, 3.05) is 6.54 Å². The molecule has 0 bridgehead atoms. The van der Waals surface area contributed by atoms with E-state index in [1.165, 1.54) is 0 Å². The Bertz CT molecular complexity index is 163. The molecule has 13 heavy (non-hydrogen) atoms. The van der Waals surface area contributed by atoms with Gasteiger partial charge in [-0.3, -0.25) is 5.01 Å². The Labute approximate surface area is 79.9 Å². The van der Waals surface area contributed by atoms with E-state index < -0.39 is 11.6 Å². The van der Waals surface area contributed by atoms with Gasteiger partial charge >= 0.3 is 0 Å². The van der Waals surface area contributed by atoms with Crippen molar-refractivity contribution >= 4 is 6.09 Å². The van der Waals surface area contributed by atoms with E-state index in [-0.39, 0.29) is 0 Å². The third-order valence-electron chi connectivity index (χ3n) is 1.65. The number of hydrogen-bond acceptors (Lipinski definition) is 3. The summed E-state index contributed by atoms with van der Waals surface area (Å²) in [5.74, 6) is 0. The van der Waals surface area contributed by atoms with Gasteiger partial charge < -0.3 is 9.90 Å². The summed E-state index contributed by atoms with van der Waals surface area (Å²) in [6, 6.07) is 0. The Kier molecular flexibility index (Phi) is 4.77. The molecule has 0 spiro atoms. The van der Waals surface area contributed by atoms with Crippen molar-refractivity contribution in [2.45, 2.75) is 46.1 Å². The summed E-state index contributed by atoms with van der Waals surface area (Å²) < 4.78 is 0. The smallest absolute Gasteiger partial charge is 0.152 e. The first-order valence-corrected chi connectivity index (χ1v) is 4.64. The van der Waals surface area contributed by atoms with Crippen LogP contribution in [0.3, 0.4) is 0 Å². The lowest BCUT2D eigenvalue weighted by molar-refractivity contribution is -0.275. The van der Waals surface area contributed by atoms with E-state index in [4.69, 9.17) is 0 Å². The maximum absolute atomic E-state index is 10.7. The summed E-state index contributed by atoms with van der Waals surface area (Å²) in [6.45, 7) is 8.19. The van der Waals surface area contributed by atoms with Gasteiger partial charge in [0, 0.05) is 12.1 Å². The molecule has 0 aliphatic heterocycles. The zero-order valence-electron chi connectivity index (χ0n) is 8.89. The first-order chi connectivity index (χ1) is 5.89. The van der Waals surface area contributed by atoms with Crippen LogP contribution < -0.4 is 10.5 Å². The van der Waals surface area contributed by atoms with E-state index in [2.05, 4.69) is 12.3 Å². The second kappa shape index (κ2) is 5.07. The molecule has 0 aliphatic carbocycles. The SMILES string of the molecule is CCCCNN(C(=O)[O-])C(C)(C)C. The van der Waals surface area contributed by atoms with Crippen LogP contribution in [0.2, 0.25) is 0 Å². The van der Waals surface area contributed by atoms with E-state index in [9.17, 15) is 9.90 Å². The third-order valence-corrected chi connectivity index (χ3v) is 1.65. The molecule has 0 saturated carbocycles. The Morgan fingerprint density at radius 2 is 2.00 bits per heavy atom. The van der Waals surface area contributed by atoms with Crippen LogP contribution in [-0.4, -0.2) is 23.2 Å². The molecule has 0 unspecified atom stereocenters. The maximum Gasteiger partial charge on any atom is 0.152 e. The van der Waals surface area contributed by atoms with Crippen LogP contribution in [0.25, 0.3) is 0 Å². The first-order valence-electron chi connectivity index (χ1n) is 4.64. The number of amides is 1. The molecule has 4 nitrogen and oxygen atoms in total. The Balaban J connectivity index is 4.04. The molecule has 0 atom stereocenters. The van der Waals surface area contributed by atoms with Crippen LogP contribution in [0.5, 0.6) is 0 Å².